The number of nitrogens with two attached hydrogens (primary N) is 1. The maximum atomic E-state index is 12.3. The number of nitrogens with one attached hydrogen (secondary N) is 1. The van der Waals surface area contributed by atoms with Crippen molar-refractivity contribution in [2.24, 2.45) is 17.6 Å². The van der Waals surface area contributed by atoms with Crippen LogP contribution in [0.25, 0.3) is 0 Å². The van der Waals surface area contributed by atoms with Crippen LogP contribution in [0.4, 0.5) is 5.69 Å². The predicted octanol–water partition coefficient (Wildman–Crippen LogP) is 2.99. The average molecular weight is 342 g/mol. The number of carbonyl (C=O) groups is 1. The minimum absolute atomic E-state index is 0.0813. The minimum atomic E-state index is -0.0813. The van der Waals surface area contributed by atoms with Gasteiger partial charge in [0.25, 0.3) is 0 Å². The highest BCUT2D eigenvalue weighted by Gasteiger charge is 2.39. The number of benzene rings is 1. The van der Waals surface area contributed by atoms with Crippen molar-refractivity contribution in [3.8, 4) is 0 Å². The Morgan fingerprint density at radius 2 is 2.00 bits per heavy atom. The van der Waals surface area contributed by atoms with Gasteiger partial charge in [-0.2, -0.15) is 0 Å². The van der Waals surface area contributed by atoms with E-state index in [1.165, 1.54) is 12.8 Å². The van der Waals surface area contributed by atoms with E-state index in [9.17, 15) is 4.79 Å². The van der Waals surface area contributed by atoms with Crippen molar-refractivity contribution in [1.82, 2.24) is 4.90 Å². The van der Waals surface area contributed by atoms with Crippen molar-refractivity contribution in [3.63, 3.8) is 0 Å². The van der Waals surface area contributed by atoms with Gasteiger partial charge in [0.05, 0.1) is 22.3 Å². The van der Waals surface area contributed by atoms with E-state index in [0.29, 0.717) is 34.1 Å². The molecule has 6 heteroatoms. The lowest BCUT2D eigenvalue weighted by molar-refractivity contribution is -0.117. The first kappa shape index (κ1) is 16.1. The molecule has 1 heterocycles. The van der Waals surface area contributed by atoms with Gasteiger partial charge in [0, 0.05) is 19.1 Å². The second kappa shape index (κ2) is 6.75. The molecule has 0 radical (unpaired) electrons. The Labute approximate surface area is 140 Å². The molecule has 1 aliphatic heterocycles. The Morgan fingerprint density at radius 1 is 1.27 bits per heavy atom. The Morgan fingerprint density at radius 3 is 2.68 bits per heavy atom. The first-order chi connectivity index (χ1) is 10.5. The second-order valence-corrected chi connectivity index (χ2v) is 7.17. The molecule has 3 unspecified atom stereocenters. The molecule has 4 nitrogen and oxygen atoms in total. The lowest BCUT2D eigenvalue weighted by atomic mass is 9.78. The van der Waals surface area contributed by atoms with E-state index < -0.39 is 0 Å². The number of anilines is 1. The molecular weight excluding hydrogens is 321 g/mol. The van der Waals surface area contributed by atoms with Gasteiger partial charge in [-0.1, -0.05) is 35.7 Å². The van der Waals surface area contributed by atoms with Crippen LogP contribution >= 0.6 is 23.2 Å². The molecule has 3 N–H and O–H groups in total. The first-order valence-electron chi connectivity index (χ1n) is 7.76. The fourth-order valence-corrected chi connectivity index (χ4v) is 4.23. The second-order valence-electron chi connectivity index (χ2n) is 6.36. The predicted molar refractivity (Wildman–Crippen MR) is 90.3 cm³/mol. The largest absolute Gasteiger partial charge is 0.327 e. The van der Waals surface area contributed by atoms with Crippen LogP contribution in [0.5, 0.6) is 0 Å². The molecule has 1 amide bonds. The minimum Gasteiger partial charge on any atom is -0.327 e. The normalized spacial score (nSPS) is 28.4. The molecule has 1 aromatic rings. The number of rotatable bonds is 3. The quantitative estimate of drug-likeness (QED) is 0.888. The van der Waals surface area contributed by atoms with Gasteiger partial charge in [-0.05, 0) is 36.8 Å². The third kappa shape index (κ3) is 3.40. The zero-order chi connectivity index (χ0) is 15.7. The summed E-state index contributed by atoms with van der Waals surface area (Å²) in [7, 11) is 0. The van der Waals surface area contributed by atoms with Gasteiger partial charge in [0.1, 0.15) is 0 Å². The van der Waals surface area contributed by atoms with E-state index in [1.54, 1.807) is 18.2 Å². The summed E-state index contributed by atoms with van der Waals surface area (Å²) in [6, 6.07) is 5.47. The highest BCUT2D eigenvalue weighted by molar-refractivity contribution is 6.39. The summed E-state index contributed by atoms with van der Waals surface area (Å²) in [5.74, 6) is 1.09. The standard InChI is InChI=1S/C16H21Cl2N3O/c17-12-4-2-5-13(18)16(12)20-15(22)9-21-7-10-3-1-6-14(19)11(10)8-21/h2,4-5,10-11,14H,1,3,6-9,19H2,(H,20,22). The van der Waals surface area contributed by atoms with E-state index in [0.717, 1.165) is 19.5 Å². The molecule has 1 saturated carbocycles. The van der Waals surface area contributed by atoms with Crippen LogP contribution in [0.15, 0.2) is 18.2 Å². The zero-order valence-electron chi connectivity index (χ0n) is 12.4. The first-order valence-corrected chi connectivity index (χ1v) is 8.52. The van der Waals surface area contributed by atoms with Gasteiger partial charge in [-0.15, -0.1) is 0 Å². The topological polar surface area (TPSA) is 58.4 Å². The maximum Gasteiger partial charge on any atom is 0.238 e. The lowest BCUT2D eigenvalue weighted by Gasteiger charge is -2.29. The lowest BCUT2D eigenvalue weighted by Crippen LogP contribution is -2.38. The van der Waals surface area contributed by atoms with Gasteiger partial charge in [-0.25, -0.2) is 0 Å². The van der Waals surface area contributed by atoms with Crippen LogP contribution < -0.4 is 11.1 Å². The molecule has 2 aliphatic rings. The molecule has 0 bridgehead atoms. The summed E-state index contributed by atoms with van der Waals surface area (Å²) in [6.07, 6.45) is 3.54. The molecule has 0 aromatic heterocycles. The fraction of sp³-hybridized carbons (Fsp3) is 0.562. The van der Waals surface area contributed by atoms with Gasteiger partial charge in [0.2, 0.25) is 5.91 Å². The van der Waals surface area contributed by atoms with Crippen LogP contribution in [0.3, 0.4) is 0 Å². The monoisotopic (exact) mass is 341 g/mol. The van der Waals surface area contributed by atoms with Crippen LogP contribution in [0.1, 0.15) is 19.3 Å². The van der Waals surface area contributed by atoms with Gasteiger partial charge >= 0.3 is 0 Å². The summed E-state index contributed by atoms with van der Waals surface area (Å²) in [5, 5.41) is 3.74. The molecule has 2 fully saturated rings. The average Bonchev–Trinajstić information content (AvgIpc) is 2.87. The van der Waals surface area contributed by atoms with Gasteiger partial charge in [0.15, 0.2) is 0 Å². The zero-order valence-corrected chi connectivity index (χ0v) is 13.9. The summed E-state index contributed by atoms with van der Waals surface area (Å²) in [4.78, 5) is 14.5. The molecule has 3 atom stereocenters. The number of nitrogens with zero attached hydrogens (tertiary/aromatic N) is 1. The van der Waals surface area contributed by atoms with Crippen molar-refractivity contribution in [2.45, 2.75) is 25.3 Å². The van der Waals surface area contributed by atoms with E-state index in [-0.39, 0.29) is 11.9 Å². The number of carbonyl (C=O) groups excluding carboxylic acids is 1. The highest BCUT2D eigenvalue weighted by Crippen LogP contribution is 2.35. The van der Waals surface area contributed by atoms with Crippen LogP contribution in [-0.2, 0) is 4.79 Å². The Hall–Kier alpha value is -0.810. The summed E-state index contributed by atoms with van der Waals surface area (Å²) >= 11 is 12.2. The number of para-hydroxylation sites is 1. The molecule has 1 saturated heterocycles. The Balaban J connectivity index is 1.59. The molecule has 1 aliphatic carbocycles. The van der Waals surface area contributed by atoms with Crippen LogP contribution in [-0.4, -0.2) is 36.5 Å². The number of amides is 1. The van der Waals surface area contributed by atoms with Crippen molar-refractivity contribution < 1.29 is 4.79 Å². The molecule has 0 spiro atoms. The van der Waals surface area contributed by atoms with Crippen molar-refractivity contribution in [3.05, 3.63) is 28.2 Å². The van der Waals surface area contributed by atoms with Crippen molar-refractivity contribution >= 4 is 34.8 Å². The SMILES string of the molecule is NC1CCCC2CN(CC(=O)Nc3c(Cl)cccc3Cl)CC12. The summed E-state index contributed by atoms with van der Waals surface area (Å²) < 4.78 is 0. The maximum absolute atomic E-state index is 12.3. The van der Waals surface area contributed by atoms with E-state index >= 15 is 0 Å². The van der Waals surface area contributed by atoms with E-state index in [4.69, 9.17) is 28.9 Å². The Kier molecular flexibility index (Phi) is 4.93. The van der Waals surface area contributed by atoms with E-state index in [1.807, 2.05) is 0 Å². The van der Waals surface area contributed by atoms with Crippen LogP contribution in [0.2, 0.25) is 10.0 Å². The number of hydrogen-bond acceptors (Lipinski definition) is 3. The Bertz CT molecular complexity index is 546. The summed E-state index contributed by atoms with van der Waals surface area (Å²) in [5.41, 5.74) is 6.70. The third-order valence-corrected chi connectivity index (χ3v) is 5.45. The molecule has 120 valence electrons. The fourth-order valence-electron chi connectivity index (χ4n) is 3.74. The highest BCUT2D eigenvalue weighted by atomic mass is 35.5. The summed E-state index contributed by atoms with van der Waals surface area (Å²) in [6.45, 7) is 2.23. The number of fused-ring (bicyclic) bond motifs is 1. The molecule has 22 heavy (non-hydrogen) atoms. The molecular formula is C16H21Cl2N3O. The molecule has 1 aromatic carbocycles. The van der Waals surface area contributed by atoms with Crippen molar-refractivity contribution in [2.75, 3.05) is 25.0 Å². The number of likely N-dealkylation sites (tertiary alicyclic amines) is 1. The smallest absolute Gasteiger partial charge is 0.238 e. The van der Waals surface area contributed by atoms with Crippen molar-refractivity contribution in [1.29, 1.82) is 0 Å². The molecule has 3 rings (SSSR count). The van der Waals surface area contributed by atoms with E-state index in [2.05, 4.69) is 10.2 Å². The van der Waals surface area contributed by atoms with Gasteiger partial charge < -0.3 is 11.1 Å². The van der Waals surface area contributed by atoms with Crippen LogP contribution in [0, 0.1) is 11.8 Å². The van der Waals surface area contributed by atoms with Gasteiger partial charge in [-0.3, -0.25) is 9.69 Å². The third-order valence-electron chi connectivity index (χ3n) is 4.82. The number of hydrogen-bond donors (Lipinski definition) is 2. The number of halogens is 2.